The monoisotopic (exact) mass is 299 g/mol. The first-order valence-electron chi connectivity index (χ1n) is 7.57. The summed E-state index contributed by atoms with van der Waals surface area (Å²) in [5.74, 6) is -0.208. The van der Waals surface area contributed by atoms with Gasteiger partial charge < -0.3 is 9.64 Å². The van der Waals surface area contributed by atoms with Crippen LogP contribution in [0.4, 0.5) is 10.1 Å². The third-order valence-electron chi connectivity index (χ3n) is 5.19. The van der Waals surface area contributed by atoms with Crippen molar-refractivity contribution in [2.45, 2.75) is 38.5 Å². The summed E-state index contributed by atoms with van der Waals surface area (Å²) in [4.78, 5) is 2.27. The molecule has 116 valence electrons. The number of para-hydroxylation sites is 1. The maximum atomic E-state index is 13.1. The lowest BCUT2D eigenvalue weighted by Crippen LogP contribution is -2.54. The van der Waals surface area contributed by atoms with Crippen LogP contribution < -0.4 is 4.90 Å². The summed E-state index contributed by atoms with van der Waals surface area (Å²) in [5.41, 5.74) is 2.93. The minimum Gasteiger partial charge on any atom is -0.358 e. The Morgan fingerprint density at radius 3 is 2.27 bits per heavy atom. The summed E-state index contributed by atoms with van der Waals surface area (Å²) in [6.07, 6.45) is 0. The van der Waals surface area contributed by atoms with Gasteiger partial charge in [-0.1, -0.05) is 44.2 Å². The van der Waals surface area contributed by atoms with E-state index in [1.165, 1.54) is 23.4 Å². The van der Waals surface area contributed by atoms with Gasteiger partial charge >= 0.3 is 0 Å². The Balaban J connectivity index is 2.06. The number of fused-ring (bicyclic) bond motifs is 1. The molecule has 0 aromatic heterocycles. The highest BCUT2D eigenvalue weighted by Crippen LogP contribution is 2.52. The van der Waals surface area contributed by atoms with E-state index in [1.54, 1.807) is 7.11 Å². The van der Waals surface area contributed by atoms with Gasteiger partial charge in [-0.15, -0.1) is 0 Å². The molecular weight excluding hydrogens is 277 g/mol. The standard InChI is InChI=1S/C19H22FNO/c1-18(2)16-7-5-6-8-17(16)21(19(18,3)22-4)13-14-9-11-15(20)12-10-14/h5-12H,13H2,1-4H3. The number of halogens is 1. The van der Waals surface area contributed by atoms with Crippen molar-refractivity contribution in [3.8, 4) is 0 Å². The van der Waals surface area contributed by atoms with E-state index in [0.29, 0.717) is 6.54 Å². The lowest BCUT2D eigenvalue weighted by Gasteiger charge is -2.44. The number of ether oxygens (including phenoxy) is 1. The number of methoxy groups -OCH3 is 1. The maximum Gasteiger partial charge on any atom is 0.147 e. The predicted octanol–water partition coefficient (Wildman–Crippen LogP) is 4.49. The molecule has 2 aromatic carbocycles. The molecular formula is C19H22FNO. The normalized spacial score (nSPS) is 22.7. The number of hydrogen-bond donors (Lipinski definition) is 0. The van der Waals surface area contributed by atoms with Crippen LogP contribution in [0, 0.1) is 5.82 Å². The van der Waals surface area contributed by atoms with Crippen molar-refractivity contribution >= 4 is 5.69 Å². The van der Waals surface area contributed by atoms with Gasteiger partial charge in [-0.25, -0.2) is 4.39 Å². The van der Waals surface area contributed by atoms with Crippen LogP contribution in [0.25, 0.3) is 0 Å². The van der Waals surface area contributed by atoms with Crippen LogP contribution in [0.5, 0.6) is 0 Å². The van der Waals surface area contributed by atoms with Crippen LogP contribution in [0.3, 0.4) is 0 Å². The van der Waals surface area contributed by atoms with Gasteiger partial charge in [0.1, 0.15) is 11.5 Å². The van der Waals surface area contributed by atoms with E-state index in [0.717, 1.165) is 5.56 Å². The number of rotatable bonds is 3. The summed E-state index contributed by atoms with van der Waals surface area (Å²) >= 11 is 0. The van der Waals surface area contributed by atoms with Crippen LogP contribution in [0.1, 0.15) is 31.9 Å². The van der Waals surface area contributed by atoms with Crippen LogP contribution >= 0.6 is 0 Å². The number of benzene rings is 2. The van der Waals surface area contributed by atoms with E-state index < -0.39 is 5.72 Å². The molecule has 0 N–H and O–H groups in total. The smallest absolute Gasteiger partial charge is 0.147 e. The van der Waals surface area contributed by atoms with Gasteiger partial charge in [-0.3, -0.25) is 0 Å². The fourth-order valence-electron chi connectivity index (χ4n) is 3.43. The zero-order valence-electron chi connectivity index (χ0n) is 13.6. The van der Waals surface area contributed by atoms with Gasteiger partial charge in [0.15, 0.2) is 0 Å². The van der Waals surface area contributed by atoms with Crippen molar-refractivity contribution < 1.29 is 9.13 Å². The first-order valence-corrected chi connectivity index (χ1v) is 7.57. The molecule has 1 heterocycles. The van der Waals surface area contributed by atoms with Crippen molar-refractivity contribution in [1.82, 2.24) is 0 Å². The summed E-state index contributed by atoms with van der Waals surface area (Å²) in [7, 11) is 1.76. The molecule has 22 heavy (non-hydrogen) atoms. The first kappa shape index (κ1) is 15.0. The molecule has 3 heteroatoms. The molecule has 2 nitrogen and oxygen atoms in total. The summed E-state index contributed by atoms with van der Waals surface area (Å²) in [6.45, 7) is 7.22. The average molecular weight is 299 g/mol. The Bertz CT molecular complexity index is 680. The summed E-state index contributed by atoms with van der Waals surface area (Å²) in [5, 5.41) is 0. The van der Waals surface area contributed by atoms with Crippen molar-refractivity contribution in [3.05, 3.63) is 65.5 Å². The van der Waals surface area contributed by atoms with Gasteiger partial charge in [0.05, 0.1) is 0 Å². The minimum absolute atomic E-state index is 0.141. The summed E-state index contributed by atoms with van der Waals surface area (Å²) < 4.78 is 19.1. The second-order valence-electron chi connectivity index (χ2n) is 6.54. The highest BCUT2D eigenvalue weighted by molar-refractivity contribution is 5.65. The number of anilines is 1. The van der Waals surface area contributed by atoms with Crippen molar-refractivity contribution in [2.75, 3.05) is 12.0 Å². The molecule has 0 saturated carbocycles. The molecule has 1 aliphatic heterocycles. The SMILES string of the molecule is COC1(C)N(Cc2ccc(F)cc2)c2ccccc2C1(C)C. The molecule has 2 aromatic rings. The van der Waals surface area contributed by atoms with Gasteiger partial charge in [-0.2, -0.15) is 0 Å². The molecule has 1 unspecified atom stereocenters. The number of hydrogen-bond acceptors (Lipinski definition) is 2. The minimum atomic E-state index is -0.453. The predicted molar refractivity (Wildman–Crippen MR) is 87.5 cm³/mol. The Morgan fingerprint density at radius 2 is 1.64 bits per heavy atom. The van der Waals surface area contributed by atoms with Crippen molar-refractivity contribution in [3.63, 3.8) is 0 Å². The second-order valence-corrected chi connectivity index (χ2v) is 6.54. The molecule has 0 saturated heterocycles. The Labute approximate surface area is 131 Å². The summed E-state index contributed by atoms with van der Waals surface area (Å²) in [6, 6.07) is 15.1. The van der Waals surface area contributed by atoms with E-state index in [2.05, 4.69) is 43.9 Å². The molecule has 0 spiro atoms. The van der Waals surface area contributed by atoms with E-state index in [9.17, 15) is 4.39 Å². The third kappa shape index (κ3) is 2.03. The van der Waals surface area contributed by atoms with Crippen LogP contribution in [-0.4, -0.2) is 12.8 Å². The van der Waals surface area contributed by atoms with Crippen molar-refractivity contribution in [2.24, 2.45) is 0 Å². The molecule has 0 amide bonds. The highest BCUT2D eigenvalue weighted by Gasteiger charge is 2.54. The fourth-order valence-corrected chi connectivity index (χ4v) is 3.43. The highest BCUT2D eigenvalue weighted by atomic mass is 19.1. The first-order chi connectivity index (χ1) is 10.4. The zero-order valence-corrected chi connectivity index (χ0v) is 13.6. The molecule has 1 atom stereocenters. The number of nitrogens with zero attached hydrogens (tertiary/aromatic N) is 1. The average Bonchev–Trinajstić information content (AvgIpc) is 2.69. The van der Waals surface area contributed by atoms with Crippen molar-refractivity contribution in [1.29, 1.82) is 0 Å². The third-order valence-corrected chi connectivity index (χ3v) is 5.19. The van der Waals surface area contributed by atoms with E-state index >= 15 is 0 Å². The molecule has 0 radical (unpaired) electrons. The topological polar surface area (TPSA) is 12.5 Å². The molecule has 3 rings (SSSR count). The van der Waals surface area contributed by atoms with E-state index in [1.807, 2.05) is 18.2 Å². The fraction of sp³-hybridized carbons (Fsp3) is 0.368. The maximum absolute atomic E-state index is 13.1. The van der Waals surface area contributed by atoms with Crippen LogP contribution in [-0.2, 0) is 16.7 Å². The largest absolute Gasteiger partial charge is 0.358 e. The van der Waals surface area contributed by atoms with Crippen LogP contribution in [0.15, 0.2) is 48.5 Å². The van der Waals surface area contributed by atoms with Gasteiger partial charge in [0.2, 0.25) is 0 Å². The Kier molecular flexibility index (Phi) is 3.48. The molecule has 0 fully saturated rings. The quantitative estimate of drug-likeness (QED) is 0.828. The zero-order chi connectivity index (χ0) is 16.0. The molecule has 0 aliphatic carbocycles. The van der Waals surface area contributed by atoms with Gasteiger partial charge in [-0.05, 0) is 36.2 Å². The molecule has 0 bridgehead atoms. The van der Waals surface area contributed by atoms with E-state index in [4.69, 9.17) is 4.74 Å². The lowest BCUT2D eigenvalue weighted by molar-refractivity contribution is -0.0429. The van der Waals surface area contributed by atoms with Gasteiger partial charge in [0, 0.05) is 24.8 Å². The van der Waals surface area contributed by atoms with Gasteiger partial charge in [0.25, 0.3) is 0 Å². The molecule has 1 aliphatic rings. The van der Waals surface area contributed by atoms with E-state index in [-0.39, 0.29) is 11.2 Å². The van der Waals surface area contributed by atoms with Crippen LogP contribution in [0.2, 0.25) is 0 Å². The Morgan fingerprint density at radius 1 is 1.00 bits per heavy atom. The lowest BCUT2D eigenvalue weighted by atomic mass is 9.78. The second kappa shape index (κ2) is 5.10. The Hall–Kier alpha value is -1.87.